The van der Waals surface area contributed by atoms with Crippen LogP contribution in [0, 0.1) is 11.3 Å². The van der Waals surface area contributed by atoms with Gasteiger partial charge in [-0.1, -0.05) is 57.9 Å². The summed E-state index contributed by atoms with van der Waals surface area (Å²) in [6, 6.07) is 0. The Morgan fingerprint density at radius 1 is 1.39 bits per heavy atom. The van der Waals surface area contributed by atoms with Crippen LogP contribution in [0.5, 0.6) is 0 Å². The Bertz CT molecular complexity index is 319. The van der Waals surface area contributed by atoms with Gasteiger partial charge in [0.1, 0.15) is 0 Å². The van der Waals surface area contributed by atoms with Crippen LogP contribution in [-0.2, 0) is 4.79 Å². The van der Waals surface area contributed by atoms with Crippen molar-refractivity contribution in [2.24, 2.45) is 11.3 Å². The molecule has 0 aromatic heterocycles. The van der Waals surface area contributed by atoms with Crippen molar-refractivity contribution in [2.45, 2.75) is 52.9 Å². The van der Waals surface area contributed by atoms with Crippen molar-refractivity contribution in [2.75, 3.05) is 6.54 Å². The van der Waals surface area contributed by atoms with Crippen LogP contribution < -0.4 is 5.32 Å². The third kappa shape index (κ3) is 5.07. The summed E-state index contributed by atoms with van der Waals surface area (Å²) < 4.78 is 0. The number of allylic oxidation sites excluding steroid dienone is 4. The molecule has 0 bridgehead atoms. The fourth-order valence-electron chi connectivity index (χ4n) is 2.48. The van der Waals surface area contributed by atoms with E-state index in [1.165, 1.54) is 12.8 Å². The molecule has 0 spiro atoms. The summed E-state index contributed by atoms with van der Waals surface area (Å²) in [5, 5.41) is 3.04. The van der Waals surface area contributed by atoms with Crippen LogP contribution in [0.1, 0.15) is 52.9 Å². The zero-order chi connectivity index (χ0) is 13.4. The van der Waals surface area contributed by atoms with Crippen molar-refractivity contribution >= 4 is 5.91 Å². The van der Waals surface area contributed by atoms with Crippen LogP contribution >= 0.6 is 0 Å². The first-order chi connectivity index (χ1) is 8.57. The SMILES string of the molecule is CCCCCNC(=O)C(C)CC1(C)C=CC=CC1. The van der Waals surface area contributed by atoms with Gasteiger partial charge in [0.25, 0.3) is 0 Å². The molecule has 0 radical (unpaired) electrons. The van der Waals surface area contributed by atoms with Crippen molar-refractivity contribution in [1.82, 2.24) is 5.32 Å². The third-order valence-electron chi connectivity index (χ3n) is 3.63. The van der Waals surface area contributed by atoms with Gasteiger partial charge in [-0.3, -0.25) is 4.79 Å². The van der Waals surface area contributed by atoms with E-state index >= 15 is 0 Å². The molecule has 0 saturated heterocycles. The van der Waals surface area contributed by atoms with Gasteiger partial charge in [-0.2, -0.15) is 0 Å². The van der Waals surface area contributed by atoms with E-state index in [-0.39, 0.29) is 17.2 Å². The molecule has 2 heteroatoms. The topological polar surface area (TPSA) is 29.1 Å². The zero-order valence-electron chi connectivity index (χ0n) is 12.0. The minimum absolute atomic E-state index is 0.0905. The molecule has 0 aromatic carbocycles. The molecule has 1 aliphatic rings. The maximum atomic E-state index is 12.0. The molecular formula is C16H27NO. The van der Waals surface area contributed by atoms with Gasteiger partial charge in [-0.25, -0.2) is 0 Å². The minimum atomic E-state index is 0.0905. The smallest absolute Gasteiger partial charge is 0.222 e. The Kier molecular flexibility index (Phi) is 6.17. The summed E-state index contributed by atoms with van der Waals surface area (Å²) in [6.07, 6.45) is 14.0. The lowest BCUT2D eigenvalue weighted by atomic mass is 9.76. The lowest BCUT2D eigenvalue weighted by Gasteiger charge is -2.29. The molecular weight excluding hydrogens is 222 g/mol. The number of nitrogens with one attached hydrogen (secondary N) is 1. The number of carbonyl (C=O) groups excluding carboxylic acids is 1. The molecule has 0 heterocycles. The lowest BCUT2D eigenvalue weighted by Crippen LogP contribution is -2.33. The second-order valence-electron chi connectivity index (χ2n) is 5.75. The van der Waals surface area contributed by atoms with Gasteiger partial charge < -0.3 is 5.32 Å². The summed E-state index contributed by atoms with van der Waals surface area (Å²) in [5.41, 5.74) is 0.148. The minimum Gasteiger partial charge on any atom is -0.356 e. The molecule has 1 rings (SSSR count). The van der Waals surface area contributed by atoms with Crippen LogP contribution in [0.4, 0.5) is 0 Å². The van der Waals surface area contributed by atoms with E-state index < -0.39 is 0 Å². The highest BCUT2D eigenvalue weighted by Crippen LogP contribution is 2.34. The Hall–Kier alpha value is -1.05. The second kappa shape index (κ2) is 7.40. The number of rotatable bonds is 7. The molecule has 0 fully saturated rings. The number of hydrogen-bond acceptors (Lipinski definition) is 1. The molecule has 0 aliphatic heterocycles. The normalized spacial score (nSPS) is 23.9. The monoisotopic (exact) mass is 249 g/mol. The highest BCUT2D eigenvalue weighted by atomic mass is 16.1. The van der Waals surface area contributed by atoms with Crippen LogP contribution in [0.2, 0.25) is 0 Å². The first kappa shape index (κ1) is 15.0. The molecule has 18 heavy (non-hydrogen) atoms. The maximum absolute atomic E-state index is 12.0. The molecule has 0 saturated carbocycles. The van der Waals surface area contributed by atoms with Gasteiger partial charge in [-0.15, -0.1) is 0 Å². The average Bonchev–Trinajstić information content (AvgIpc) is 2.34. The van der Waals surface area contributed by atoms with Crippen molar-refractivity contribution < 1.29 is 4.79 Å². The maximum Gasteiger partial charge on any atom is 0.222 e. The fourth-order valence-corrected chi connectivity index (χ4v) is 2.48. The molecule has 2 unspecified atom stereocenters. The van der Waals surface area contributed by atoms with E-state index in [4.69, 9.17) is 0 Å². The Morgan fingerprint density at radius 3 is 2.78 bits per heavy atom. The third-order valence-corrected chi connectivity index (χ3v) is 3.63. The summed E-state index contributed by atoms with van der Waals surface area (Å²) >= 11 is 0. The van der Waals surface area contributed by atoms with E-state index in [1.807, 2.05) is 6.92 Å². The highest BCUT2D eigenvalue weighted by Gasteiger charge is 2.26. The number of hydrogen-bond donors (Lipinski definition) is 1. The largest absolute Gasteiger partial charge is 0.356 e. The lowest BCUT2D eigenvalue weighted by molar-refractivity contribution is -0.125. The Morgan fingerprint density at radius 2 is 2.17 bits per heavy atom. The quantitative estimate of drug-likeness (QED) is 0.682. The number of amides is 1. The van der Waals surface area contributed by atoms with Gasteiger partial charge in [0.2, 0.25) is 5.91 Å². The highest BCUT2D eigenvalue weighted by molar-refractivity contribution is 5.78. The standard InChI is InChI=1S/C16H27NO/c1-4-5-9-12-17-15(18)14(2)13-16(3)10-7-6-8-11-16/h6-8,10,14H,4-5,9,11-13H2,1-3H3,(H,17,18). The first-order valence-electron chi connectivity index (χ1n) is 7.19. The molecule has 1 amide bonds. The van der Waals surface area contributed by atoms with Gasteiger partial charge >= 0.3 is 0 Å². The number of carbonyl (C=O) groups is 1. The molecule has 2 nitrogen and oxygen atoms in total. The first-order valence-corrected chi connectivity index (χ1v) is 7.19. The van der Waals surface area contributed by atoms with E-state index in [2.05, 4.69) is 43.5 Å². The predicted octanol–water partition coefficient (Wildman–Crippen LogP) is 3.84. The predicted molar refractivity (Wildman–Crippen MR) is 77.3 cm³/mol. The summed E-state index contributed by atoms with van der Waals surface area (Å²) in [4.78, 5) is 12.0. The number of unbranched alkanes of at least 4 members (excludes halogenated alkanes) is 2. The van der Waals surface area contributed by atoms with Crippen LogP contribution in [0.15, 0.2) is 24.3 Å². The average molecular weight is 249 g/mol. The second-order valence-corrected chi connectivity index (χ2v) is 5.75. The molecule has 102 valence electrons. The van der Waals surface area contributed by atoms with Gasteiger partial charge in [-0.05, 0) is 24.7 Å². The Labute approximate surface area is 112 Å². The van der Waals surface area contributed by atoms with Crippen molar-refractivity contribution in [3.8, 4) is 0 Å². The van der Waals surface area contributed by atoms with Gasteiger partial charge in [0.15, 0.2) is 0 Å². The Balaban J connectivity index is 2.31. The molecule has 1 aliphatic carbocycles. The molecule has 2 atom stereocenters. The summed E-state index contributed by atoms with van der Waals surface area (Å²) in [6.45, 7) is 7.26. The molecule has 1 N–H and O–H groups in total. The van der Waals surface area contributed by atoms with E-state index in [0.717, 1.165) is 25.8 Å². The fraction of sp³-hybridized carbons (Fsp3) is 0.688. The van der Waals surface area contributed by atoms with Gasteiger partial charge in [0.05, 0.1) is 0 Å². The zero-order valence-corrected chi connectivity index (χ0v) is 12.0. The van der Waals surface area contributed by atoms with Crippen LogP contribution in [0.25, 0.3) is 0 Å². The van der Waals surface area contributed by atoms with Crippen molar-refractivity contribution in [1.29, 1.82) is 0 Å². The summed E-state index contributed by atoms with van der Waals surface area (Å²) in [7, 11) is 0. The van der Waals surface area contributed by atoms with E-state index in [9.17, 15) is 4.79 Å². The van der Waals surface area contributed by atoms with Crippen molar-refractivity contribution in [3.05, 3.63) is 24.3 Å². The molecule has 0 aromatic rings. The van der Waals surface area contributed by atoms with Crippen LogP contribution in [0.3, 0.4) is 0 Å². The van der Waals surface area contributed by atoms with Crippen LogP contribution in [-0.4, -0.2) is 12.5 Å². The van der Waals surface area contributed by atoms with E-state index in [1.54, 1.807) is 0 Å². The van der Waals surface area contributed by atoms with Crippen molar-refractivity contribution in [3.63, 3.8) is 0 Å². The van der Waals surface area contributed by atoms with Gasteiger partial charge in [0, 0.05) is 12.5 Å². The summed E-state index contributed by atoms with van der Waals surface area (Å²) in [5.74, 6) is 0.294. The van der Waals surface area contributed by atoms with E-state index in [0.29, 0.717) is 0 Å².